The molecule has 5 heterocycles. The van der Waals surface area contributed by atoms with Gasteiger partial charge in [0.15, 0.2) is 0 Å². The third-order valence-electron chi connectivity index (χ3n) is 10.5. The largest absolute Gasteiger partial charge is 0.339 e. The number of nitriles is 1. The molecular formula is C36H40N6O3S. The van der Waals surface area contributed by atoms with Crippen LogP contribution in [0.5, 0.6) is 0 Å². The van der Waals surface area contributed by atoms with Crippen molar-refractivity contribution >= 4 is 32.5 Å². The predicted molar refractivity (Wildman–Crippen MR) is 181 cm³/mol. The summed E-state index contributed by atoms with van der Waals surface area (Å²) < 4.78 is 24.0. The van der Waals surface area contributed by atoms with Crippen molar-refractivity contribution in [3.05, 3.63) is 71.9 Å². The number of piperidine rings is 2. The molecular weight excluding hydrogens is 597 g/mol. The number of hydrogen-bond donors (Lipinski definition) is 1. The van der Waals surface area contributed by atoms with Crippen LogP contribution in [0.25, 0.3) is 33.4 Å². The van der Waals surface area contributed by atoms with E-state index >= 15 is 0 Å². The molecule has 0 unspecified atom stereocenters. The number of amides is 1. The molecule has 1 N–H and O–H groups in total. The number of nitrogens with zero attached hydrogens (tertiary/aromatic N) is 5. The Morgan fingerprint density at radius 2 is 1.67 bits per heavy atom. The van der Waals surface area contributed by atoms with E-state index in [2.05, 4.69) is 57.3 Å². The molecule has 46 heavy (non-hydrogen) atoms. The summed E-state index contributed by atoms with van der Waals surface area (Å²) in [6.45, 7) is 4.62. The van der Waals surface area contributed by atoms with Crippen LogP contribution in [0.1, 0.15) is 43.2 Å². The smallest absolute Gasteiger partial charge is 0.237 e. The molecule has 3 aliphatic rings. The molecule has 1 spiro atoms. The topological polar surface area (TPSA) is 113 Å². The lowest BCUT2D eigenvalue weighted by molar-refractivity contribution is -0.124. The summed E-state index contributed by atoms with van der Waals surface area (Å²) in [5.41, 5.74) is 7.43. The Hall–Kier alpha value is -4.04. The van der Waals surface area contributed by atoms with Crippen LogP contribution < -0.4 is 4.90 Å². The van der Waals surface area contributed by atoms with Crippen molar-refractivity contribution in [2.24, 2.45) is 0 Å². The number of nitrogens with one attached hydrogen (secondary N) is 1. The Labute approximate surface area is 270 Å². The highest BCUT2D eigenvalue weighted by Gasteiger charge is 2.52. The van der Waals surface area contributed by atoms with Gasteiger partial charge in [-0.15, -0.1) is 0 Å². The van der Waals surface area contributed by atoms with Gasteiger partial charge in [-0.1, -0.05) is 54.6 Å². The number of pyridine rings is 1. The second-order valence-corrected chi connectivity index (χ2v) is 15.5. The lowest BCUT2D eigenvalue weighted by Gasteiger charge is -2.38. The van der Waals surface area contributed by atoms with Crippen molar-refractivity contribution in [2.75, 3.05) is 50.9 Å². The molecule has 238 valence electrons. The fourth-order valence-electron chi connectivity index (χ4n) is 7.89. The molecule has 10 heteroatoms. The van der Waals surface area contributed by atoms with Crippen LogP contribution in [-0.4, -0.2) is 85.4 Å². The molecule has 9 nitrogen and oxygen atoms in total. The maximum Gasteiger partial charge on any atom is 0.237 e. The van der Waals surface area contributed by atoms with E-state index < -0.39 is 15.3 Å². The minimum absolute atomic E-state index is 0.128. The van der Waals surface area contributed by atoms with Gasteiger partial charge >= 0.3 is 0 Å². The number of carbonyl (C=O) groups excluding carboxylic acids is 1. The highest BCUT2D eigenvalue weighted by molar-refractivity contribution is 7.91. The normalized spacial score (nSPS) is 19.2. The summed E-state index contributed by atoms with van der Waals surface area (Å²) in [5, 5.41) is 9.90. The summed E-state index contributed by atoms with van der Waals surface area (Å²) in [7, 11) is -1.13. The van der Waals surface area contributed by atoms with Gasteiger partial charge in [0.05, 0.1) is 34.3 Å². The molecule has 0 radical (unpaired) electrons. The highest BCUT2D eigenvalue weighted by Crippen LogP contribution is 2.53. The molecule has 0 aliphatic carbocycles. The number of fused-ring (bicyclic) bond motifs is 4. The zero-order valence-corrected chi connectivity index (χ0v) is 27.3. The van der Waals surface area contributed by atoms with E-state index in [1.807, 2.05) is 31.4 Å². The first-order chi connectivity index (χ1) is 22.2. The quantitative estimate of drug-likeness (QED) is 0.299. The molecule has 2 aromatic carbocycles. The Morgan fingerprint density at radius 1 is 0.978 bits per heavy atom. The van der Waals surface area contributed by atoms with Crippen molar-refractivity contribution in [1.82, 2.24) is 19.8 Å². The Kier molecular flexibility index (Phi) is 7.96. The lowest BCUT2D eigenvalue weighted by Crippen LogP contribution is -2.48. The number of H-pyrrole nitrogens is 1. The maximum atomic E-state index is 14.1. The van der Waals surface area contributed by atoms with E-state index in [9.17, 15) is 13.2 Å². The Balaban J connectivity index is 1.27. The van der Waals surface area contributed by atoms with Crippen molar-refractivity contribution in [2.45, 2.75) is 49.3 Å². The number of likely N-dealkylation sites (N-methyl/N-ethyl adjacent to an activating group) is 1. The molecule has 3 aliphatic heterocycles. The van der Waals surface area contributed by atoms with Gasteiger partial charge in [-0.05, 0) is 68.6 Å². The number of sulfone groups is 1. The van der Waals surface area contributed by atoms with Gasteiger partial charge in [-0.3, -0.25) is 9.69 Å². The fourth-order valence-corrected chi connectivity index (χ4v) is 8.96. The molecule has 1 amide bonds. The van der Waals surface area contributed by atoms with Crippen LogP contribution >= 0.6 is 0 Å². The Bertz CT molecular complexity index is 1910. The first-order valence-electron chi connectivity index (χ1n) is 16.2. The molecule has 2 fully saturated rings. The van der Waals surface area contributed by atoms with Crippen molar-refractivity contribution in [3.8, 4) is 28.5 Å². The van der Waals surface area contributed by atoms with Crippen molar-refractivity contribution < 1.29 is 13.2 Å². The van der Waals surface area contributed by atoms with Gasteiger partial charge < -0.3 is 14.8 Å². The predicted octanol–water partition coefficient (Wildman–Crippen LogP) is 5.13. The summed E-state index contributed by atoms with van der Waals surface area (Å²) in [4.78, 5) is 29.0. The number of carbonyl (C=O) groups is 1. The molecule has 0 bridgehead atoms. The third-order valence-corrected chi connectivity index (χ3v) is 12.1. The summed E-state index contributed by atoms with van der Waals surface area (Å²) in [6.07, 6.45) is 6.46. The number of aromatic nitrogens is 2. The van der Waals surface area contributed by atoms with Gasteiger partial charge in [0.25, 0.3) is 0 Å². The monoisotopic (exact) mass is 636 g/mol. The van der Waals surface area contributed by atoms with Crippen LogP contribution in [0.15, 0.2) is 60.8 Å². The first-order valence-corrected chi connectivity index (χ1v) is 18.1. The average Bonchev–Trinajstić information content (AvgIpc) is 3.55. The number of hydrogen-bond acceptors (Lipinski definition) is 7. The zero-order chi connectivity index (χ0) is 32.1. The highest BCUT2D eigenvalue weighted by atomic mass is 32.2. The maximum absolute atomic E-state index is 14.1. The molecule has 0 atom stereocenters. The number of rotatable bonds is 7. The van der Waals surface area contributed by atoms with Gasteiger partial charge in [0, 0.05) is 49.3 Å². The molecule has 4 aromatic rings. The second kappa shape index (κ2) is 12.0. The molecule has 2 saturated heterocycles. The van der Waals surface area contributed by atoms with Crippen LogP contribution in [-0.2, 0) is 26.6 Å². The van der Waals surface area contributed by atoms with Gasteiger partial charge in [-0.2, -0.15) is 5.26 Å². The molecule has 0 saturated carbocycles. The van der Waals surface area contributed by atoms with E-state index in [1.54, 1.807) is 4.90 Å². The zero-order valence-electron chi connectivity index (χ0n) is 26.5. The van der Waals surface area contributed by atoms with Crippen LogP contribution in [0.3, 0.4) is 0 Å². The van der Waals surface area contributed by atoms with E-state index in [4.69, 9.17) is 10.2 Å². The number of benzene rings is 2. The summed E-state index contributed by atoms with van der Waals surface area (Å²) in [5.74, 6) is 0.128. The van der Waals surface area contributed by atoms with Crippen LogP contribution in [0, 0.1) is 11.3 Å². The third kappa shape index (κ3) is 5.30. The molecule has 7 rings (SSSR count). The first kappa shape index (κ1) is 30.6. The van der Waals surface area contributed by atoms with Crippen LogP contribution in [0.2, 0.25) is 0 Å². The van der Waals surface area contributed by atoms with Crippen LogP contribution in [0.4, 0.5) is 5.69 Å². The van der Waals surface area contributed by atoms with Gasteiger partial charge in [0.2, 0.25) is 5.91 Å². The van der Waals surface area contributed by atoms with Crippen molar-refractivity contribution in [3.63, 3.8) is 0 Å². The van der Waals surface area contributed by atoms with E-state index in [1.165, 1.54) is 11.8 Å². The standard InChI is InChI=1S/C36H40N6O3S/c1-40-29-23-38-34-31(32(29)36(35(40)43)15-21-41(22-16-36)18-6-17-37)30(26-7-4-3-5-8-26)33(39-34)27-11-9-25(10-12-27)24-42-19-13-28(14-20-42)46(2,44)45/h3-5,7-12,23,28H,6,13-16,18-22,24H2,1-2H3,(H,38,39). The SMILES string of the molecule is CN1C(=O)C2(CCN(CCC#N)CC2)c2c1cnc1[nH]c(-c3ccc(CN4CCC(S(C)(=O)=O)CC4)cc3)c(-c3ccccc3)c21. The fraction of sp³-hybridized carbons (Fsp3) is 0.417. The van der Waals surface area contributed by atoms with E-state index in [0.717, 1.165) is 83.9 Å². The van der Waals surface area contributed by atoms with E-state index in [0.29, 0.717) is 32.1 Å². The number of anilines is 1. The minimum atomic E-state index is -2.99. The lowest BCUT2D eigenvalue weighted by atomic mass is 9.72. The van der Waals surface area contributed by atoms with Crippen molar-refractivity contribution in [1.29, 1.82) is 5.26 Å². The second-order valence-electron chi connectivity index (χ2n) is 13.2. The summed E-state index contributed by atoms with van der Waals surface area (Å²) >= 11 is 0. The number of likely N-dealkylation sites (tertiary alicyclic amines) is 2. The van der Waals surface area contributed by atoms with Gasteiger partial charge in [-0.25, -0.2) is 13.4 Å². The van der Waals surface area contributed by atoms with Gasteiger partial charge in [0.1, 0.15) is 15.5 Å². The number of aromatic amines is 1. The summed E-state index contributed by atoms with van der Waals surface area (Å²) in [6, 6.07) is 21.2. The average molecular weight is 637 g/mol. The Morgan fingerprint density at radius 3 is 2.33 bits per heavy atom. The molecule has 2 aromatic heterocycles. The minimum Gasteiger partial charge on any atom is -0.339 e. The van der Waals surface area contributed by atoms with E-state index in [-0.39, 0.29) is 11.2 Å².